The molecule has 2 aromatic carbocycles. The van der Waals surface area contributed by atoms with Gasteiger partial charge in [0, 0.05) is 43.3 Å². The van der Waals surface area contributed by atoms with Crippen LogP contribution < -0.4 is 16.2 Å². The van der Waals surface area contributed by atoms with Gasteiger partial charge in [0.05, 0.1) is 21.9 Å². The highest BCUT2D eigenvalue weighted by Crippen LogP contribution is 2.31. The molecule has 0 atom stereocenters. The first kappa shape index (κ1) is 17.7. The lowest BCUT2D eigenvalue weighted by Crippen LogP contribution is -2.33. The molecular weight excluding hydrogens is 366 g/mol. The third-order valence-corrected chi connectivity index (χ3v) is 5.81. The van der Waals surface area contributed by atoms with Crippen LogP contribution in [-0.2, 0) is 4.79 Å². The molecule has 1 aliphatic heterocycles. The van der Waals surface area contributed by atoms with Crippen molar-refractivity contribution in [3.05, 3.63) is 46.8 Å². The van der Waals surface area contributed by atoms with Crippen molar-refractivity contribution in [2.45, 2.75) is 32.7 Å². The van der Waals surface area contributed by atoms with E-state index in [1.165, 1.54) is 0 Å². The summed E-state index contributed by atoms with van der Waals surface area (Å²) in [6, 6.07) is 11.9. The fraction of sp³-hybridized carbons (Fsp3) is 0.318. The highest BCUT2D eigenvalue weighted by molar-refractivity contribution is 5.96. The number of rotatable bonds is 2. The minimum Gasteiger partial charge on any atom is -0.398 e. The van der Waals surface area contributed by atoms with E-state index in [9.17, 15) is 9.59 Å². The number of imidazole rings is 1. The molecule has 4 aromatic rings. The molecule has 1 fully saturated rings. The number of hydrogen-bond acceptors (Lipinski definition) is 5. The number of benzene rings is 2. The number of nitrogens with zero attached hydrogens (tertiary/aromatic N) is 4. The number of nitrogen functional groups attached to an aromatic ring is 1. The highest BCUT2D eigenvalue weighted by Gasteiger charge is 2.21. The van der Waals surface area contributed by atoms with Gasteiger partial charge >= 0.3 is 0 Å². The topological polar surface area (TPSA) is 85.6 Å². The number of aromatic nitrogens is 3. The van der Waals surface area contributed by atoms with Gasteiger partial charge in [0.25, 0.3) is 5.56 Å². The van der Waals surface area contributed by atoms with E-state index in [-0.39, 0.29) is 11.6 Å². The summed E-state index contributed by atoms with van der Waals surface area (Å²) in [4.78, 5) is 31.0. The van der Waals surface area contributed by atoms with Crippen LogP contribution in [0.3, 0.4) is 0 Å². The number of ketones is 1. The number of Topliss-reactive ketones (excluding diaryl/α,β-unsaturated/α-hetero) is 1. The van der Waals surface area contributed by atoms with Gasteiger partial charge < -0.3 is 15.2 Å². The quantitative estimate of drug-likeness (QED) is 0.532. The number of piperidine rings is 1. The lowest BCUT2D eigenvalue weighted by atomic mass is 10.1. The number of anilines is 2. The number of carbonyl (C=O) groups is 1. The van der Waals surface area contributed by atoms with E-state index in [4.69, 9.17) is 5.73 Å². The molecular formula is C22H23N5O2. The zero-order chi connectivity index (χ0) is 20.3. The van der Waals surface area contributed by atoms with Gasteiger partial charge in [-0.2, -0.15) is 4.98 Å². The summed E-state index contributed by atoms with van der Waals surface area (Å²) in [6.07, 6.45) is 1.18. The van der Waals surface area contributed by atoms with E-state index in [0.717, 1.165) is 35.3 Å². The van der Waals surface area contributed by atoms with Crippen molar-refractivity contribution < 1.29 is 4.79 Å². The van der Waals surface area contributed by atoms with Gasteiger partial charge in [0.2, 0.25) is 5.78 Å². The van der Waals surface area contributed by atoms with Crippen molar-refractivity contribution in [3.63, 3.8) is 0 Å². The molecule has 7 heteroatoms. The second-order valence-electron chi connectivity index (χ2n) is 7.96. The molecule has 0 saturated carbocycles. The van der Waals surface area contributed by atoms with Crippen molar-refractivity contribution >= 4 is 44.9 Å². The fourth-order valence-corrected chi connectivity index (χ4v) is 4.40. The smallest absolute Gasteiger partial charge is 0.284 e. The Balaban J connectivity index is 1.85. The van der Waals surface area contributed by atoms with Crippen molar-refractivity contribution in [2.75, 3.05) is 23.7 Å². The molecule has 7 nitrogen and oxygen atoms in total. The van der Waals surface area contributed by atoms with Crippen LogP contribution >= 0.6 is 0 Å². The molecule has 5 rings (SSSR count). The average molecular weight is 389 g/mol. The molecule has 2 N–H and O–H groups in total. The van der Waals surface area contributed by atoms with Gasteiger partial charge in [-0.25, -0.2) is 0 Å². The molecule has 1 saturated heterocycles. The molecule has 0 unspecified atom stereocenters. The Bertz CT molecular complexity index is 1340. The number of fused-ring (bicyclic) bond motifs is 5. The largest absolute Gasteiger partial charge is 0.398 e. The Morgan fingerprint density at radius 3 is 2.48 bits per heavy atom. The van der Waals surface area contributed by atoms with E-state index < -0.39 is 0 Å². The summed E-state index contributed by atoms with van der Waals surface area (Å²) in [5, 5.41) is 0.450. The normalized spacial score (nSPS) is 15.3. The first-order chi connectivity index (χ1) is 14.0. The molecule has 0 aliphatic carbocycles. The number of nitrogens with two attached hydrogens (primary N) is 1. The average Bonchev–Trinajstić information content (AvgIpc) is 3.02. The molecule has 0 bridgehead atoms. The minimum atomic E-state index is -0.308. The SMILES string of the molecule is CC(C)n1c2cc(N3CCC(=O)CC3)ccc2n2c3cccc(N)c3c(=O)nc12. The molecule has 1 aliphatic rings. The molecule has 0 spiro atoms. The molecule has 29 heavy (non-hydrogen) atoms. The molecule has 0 amide bonds. The van der Waals surface area contributed by atoms with Crippen LogP contribution in [0.15, 0.2) is 41.2 Å². The van der Waals surface area contributed by atoms with Crippen molar-refractivity contribution in [3.8, 4) is 0 Å². The van der Waals surface area contributed by atoms with Gasteiger partial charge in [0.1, 0.15) is 5.78 Å². The summed E-state index contributed by atoms with van der Waals surface area (Å²) < 4.78 is 4.11. The summed E-state index contributed by atoms with van der Waals surface area (Å²) in [6.45, 7) is 5.65. The lowest BCUT2D eigenvalue weighted by Gasteiger charge is -2.28. The third-order valence-electron chi connectivity index (χ3n) is 5.81. The maximum atomic E-state index is 12.8. The predicted octanol–water partition coefficient (Wildman–Crippen LogP) is 3.13. The maximum Gasteiger partial charge on any atom is 0.284 e. The minimum absolute atomic E-state index is 0.117. The first-order valence-corrected chi connectivity index (χ1v) is 9.97. The first-order valence-electron chi connectivity index (χ1n) is 9.97. The predicted molar refractivity (Wildman–Crippen MR) is 116 cm³/mol. The third kappa shape index (κ3) is 2.61. The summed E-state index contributed by atoms with van der Waals surface area (Å²) >= 11 is 0. The Labute approximate surface area is 167 Å². The van der Waals surface area contributed by atoms with E-state index in [2.05, 4.69) is 46.5 Å². The number of hydrogen-bond donors (Lipinski definition) is 1. The molecule has 3 heterocycles. The summed E-state index contributed by atoms with van der Waals surface area (Å²) in [5.74, 6) is 0.939. The van der Waals surface area contributed by atoms with Crippen LogP contribution in [-0.4, -0.2) is 32.8 Å². The van der Waals surface area contributed by atoms with Crippen LogP contribution in [0.5, 0.6) is 0 Å². The van der Waals surface area contributed by atoms with Crippen LogP contribution in [0, 0.1) is 0 Å². The van der Waals surface area contributed by atoms with Gasteiger partial charge in [-0.15, -0.1) is 0 Å². The Morgan fingerprint density at radius 1 is 1.00 bits per heavy atom. The van der Waals surface area contributed by atoms with E-state index in [0.29, 0.717) is 35.5 Å². The van der Waals surface area contributed by atoms with E-state index in [1.54, 1.807) is 6.07 Å². The Morgan fingerprint density at radius 2 is 1.76 bits per heavy atom. The lowest BCUT2D eigenvalue weighted by molar-refractivity contribution is -0.119. The second kappa shape index (κ2) is 6.34. The van der Waals surface area contributed by atoms with Gasteiger partial charge in [-0.3, -0.25) is 14.0 Å². The van der Waals surface area contributed by atoms with Crippen molar-refractivity contribution in [1.29, 1.82) is 0 Å². The molecule has 2 aromatic heterocycles. The zero-order valence-corrected chi connectivity index (χ0v) is 16.6. The van der Waals surface area contributed by atoms with Crippen LogP contribution in [0.2, 0.25) is 0 Å². The fourth-order valence-electron chi connectivity index (χ4n) is 4.40. The summed E-state index contributed by atoms with van der Waals surface area (Å²) in [5.41, 5.74) is 10.1. The Hall–Kier alpha value is -3.35. The van der Waals surface area contributed by atoms with Crippen molar-refractivity contribution in [1.82, 2.24) is 14.0 Å². The van der Waals surface area contributed by atoms with Gasteiger partial charge in [0.15, 0.2) is 0 Å². The van der Waals surface area contributed by atoms with Crippen molar-refractivity contribution in [2.24, 2.45) is 0 Å². The molecule has 148 valence electrons. The zero-order valence-electron chi connectivity index (χ0n) is 16.6. The van der Waals surface area contributed by atoms with E-state index >= 15 is 0 Å². The number of carbonyl (C=O) groups excluding carboxylic acids is 1. The molecule has 0 radical (unpaired) electrons. The summed E-state index contributed by atoms with van der Waals surface area (Å²) in [7, 11) is 0. The van der Waals surface area contributed by atoms with Gasteiger partial charge in [-0.05, 0) is 44.2 Å². The highest BCUT2D eigenvalue weighted by atomic mass is 16.1. The maximum absolute atomic E-state index is 12.8. The standard InChI is InChI=1S/C22H23N5O2/c1-13(2)26-19-12-14(25-10-8-15(28)9-11-25)6-7-17(19)27-18-5-3-4-16(23)20(18)21(29)24-22(26)27/h3-7,12-13H,8-11,23H2,1-2H3. The monoisotopic (exact) mass is 389 g/mol. The van der Waals surface area contributed by atoms with E-state index in [1.807, 2.05) is 16.5 Å². The van der Waals surface area contributed by atoms with Crippen LogP contribution in [0.1, 0.15) is 32.7 Å². The van der Waals surface area contributed by atoms with Crippen LogP contribution in [0.25, 0.3) is 27.7 Å². The van der Waals surface area contributed by atoms with Crippen LogP contribution in [0.4, 0.5) is 11.4 Å². The Kier molecular flexibility index (Phi) is 3.87. The van der Waals surface area contributed by atoms with Gasteiger partial charge in [-0.1, -0.05) is 6.07 Å². The second-order valence-corrected chi connectivity index (χ2v) is 7.96.